The smallest absolute Gasteiger partial charge is 0.0682 e. The molecule has 0 saturated heterocycles. The zero-order valence-electron chi connectivity index (χ0n) is 12.5. The molecule has 1 N–H and O–H groups in total. The minimum atomic E-state index is 0.0913. The molecule has 1 aromatic rings. The van der Waals surface area contributed by atoms with Crippen molar-refractivity contribution in [3.8, 4) is 0 Å². The Hall–Kier alpha value is -0.540. The van der Waals surface area contributed by atoms with Gasteiger partial charge in [-0.2, -0.15) is 0 Å². The molecule has 0 bridgehead atoms. The van der Waals surface area contributed by atoms with E-state index in [0.717, 1.165) is 29.4 Å². The van der Waals surface area contributed by atoms with E-state index >= 15 is 0 Å². The highest BCUT2D eigenvalue weighted by Crippen LogP contribution is 2.31. The number of benzene rings is 1. The van der Waals surface area contributed by atoms with Gasteiger partial charge in [0.05, 0.1) is 12.3 Å². The van der Waals surface area contributed by atoms with Crippen LogP contribution in [-0.4, -0.2) is 17.7 Å². The van der Waals surface area contributed by atoms with Crippen LogP contribution in [0.3, 0.4) is 0 Å². The van der Waals surface area contributed by atoms with Gasteiger partial charge >= 0.3 is 0 Å². The van der Waals surface area contributed by atoms with Crippen LogP contribution < -0.4 is 4.90 Å². The van der Waals surface area contributed by atoms with E-state index in [1.807, 2.05) is 12.1 Å². The highest BCUT2D eigenvalue weighted by molar-refractivity contribution is 9.10. The molecule has 3 heteroatoms. The van der Waals surface area contributed by atoms with Gasteiger partial charge < -0.3 is 10.0 Å². The summed E-state index contributed by atoms with van der Waals surface area (Å²) >= 11 is 3.65. The van der Waals surface area contributed by atoms with Crippen LogP contribution in [0.4, 0.5) is 5.69 Å². The molecule has 0 heterocycles. The Balaban J connectivity index is 3.09. The first-order chi connectivity index (χ1) is 9.03. The molecule has 0 atom stereocenters. The van der Waals surface area contributed by atoms with Gasteiger partial charge in [-0.25, -0.2) is 0 Å². The van der Waals surface area contributed by atoms with E-state index in [4.69, 9.17) is 0 Å². The maximum absolute atomic E-state index is 9.20. The third kappa shape index (κ3) is 4.50. The van der Waals surface area contributed by atoms with E-state index in [-0.39, 0.29) is 6.61 Å². The Labute approximate surface area is 126 Å². The summed E-state index contributed by atoms with van der Waals surface area (Å²) in [6.45, 7) is 10.2. The molecule has 0 saturated carbocycles. The number of aliphatic hydroxyl groups is 1. The van der Waals surface area contributed by atoms with Crippen molar-refractivity contribution in [3.63, 3.8) is 0 Å². The number of aliphatic hydroxyl groups excluding tert-OH is 1. The third-order valence-corrected chi connectivity index (χ3v) is 4.08. The second-order valence-electron chi connectivity index (χ2n) is 5.46. The van der Waals surface area contributed by atoms with E-state index in [2.05, 4.69) is 54.6 Å². The Morgan fingerprint density at radius 2 is 1.84 bits per heavy atom. The first-order valence-corrected chi connectivity index (χ1v) is 7.98. The van der Waals surface area contributed by atoms with E-state index in [0.29, 0.717) is 12.0 Å². The molecule has 0 aliphatic carbocycles. The van der Waals surface area contributed by atoms with Gasteiger partial charge in [0.1, 0.15) is 0 Å². The Morgan fingerprint density at radius 3 is 2.26 bits per heavy atom. The van der Waals surface area contributed by atoms with Gasteiger partial charge in [0, 0.05) is 17.1 Å². The van der Waals surface area contributed by atoms with Crippen molar-refractivity contribution in [1.82, 2.24) is 0 Å². The van der Waals surface area contributed by atoms with Crippen LogP contribution in [-0.2, 0) is 6.61 Å². The molecule has 19 heavy (non-hydrogen) atoms. The summed E-state index contributed by atoms with van der Waals surface area (Å²) in [5.74, 6) is 0.630. The largest absolute Gasteiger partial charge is 0.392 e. The zero-order valence-corrected chi connectivity index (χ0v) is 14.1. The normalized spacial score (nSPS) is 11.4. The first kappa shape index (κ1) is 16.5. The molecule has 0 amide bonds. The van der Waals surface area contributed by atoms with Gasteiger partial charge in [-0.3, -0.25) is 0 Å². The van der Waals surface area contributed by atoms with Gasteiger partial charge in [-0.05, 0) is 52.4 Å². The molecule has 0 radical (unpaired) electrons. The van der Waals surface area contributed by atoms with Crippen molar-refractivity contribution >= 4 is 21.6 Å². The van der Waals surface area contributed by atoms with Crippen LogP contribution in [0.1, 0.15) is 46.1 Å². The van der Waals surface area contributed by atoms with Crippen molar-refractivity contribution in [1.29, 1.82) is 0 Å². The summed E-state index contributed by atoms with van der Waals surface area (Å²) in [4.78, 5) is 2.50. The fourth-order valence-electron chi connectivity index (χ4n) is 2.45. The van der Waals surface area contributed by atoms with Crippen molar-refractivity contribution in [2.24, 2.45) is 5.92 Å². The lowest BCUT2D eigenvalue weighted by atomic mass is 10.1. The Bertz CT molecular complexity index is 388. The molecule has 0 aromatic heterocycles. The van der Waals surface area contributed by atoms with Crippen LogP contribution in [0.25, 0.3) is 0 Å². The van der Waals surface area contributed by atoms with Crippen molar-refractivity contribution in [3.05, 3.63) is 28.2 Å². The molecule has 108 valence electrons. The highest BCUT2D eigenvalue weighted by Gasteiger charge is 2.19. The van der Waals surface area contributed by atoms with Crippen LogP contribution in [0.15, 0.2) is 22.7 Å². The van der Waals surface area contributed by atoms with Crippen molar-refractivity contribution < 1.29 is 5.11 Å². The van der Waals surface area contributed by atoms with Crippen molar-refractivity contribution in [2.75, 3.05) is 11.4 Å². The molecular weight excluding hydrogens is 302 g/mol. The number of hydrogen-bond donors (Lipinski definition) is 1. The molecular formula is C16H26BrNO. The molecule has 0 unspecified atom stereocenters. The topological polar surface area (TPSA) is 23.5 Å². The number of anilines is 1. The predicted octanol–water partition coefficient (Wildman–Crippen LogP) is 4.59. The Kier molecular flexibility index (Phi) is 6.87. The average molecular weight is 328 g/mol. The summed E-state index contributed by atoms with van der Waals surface area (Å²) in [6, 6.07) is 6.72. The average Bonchev–Trinajstić information content (AvgIpc) is 2.38. The fraction of sp³-hybridized carbons (Fsp3) is 0.625. The lowest BCUT2D eigenvalue weighted by molar-refractivity contribution is 0.282. The van der Waals surface area contributed by atoms with E-state index < -0.39 is 0 Å². The number of hydrogen-bond acceptors (Lipinski definition) is 2. The quantitative estimate of drug-likeness (QED) is 0.791. The number of rotatable bonds is 7. The summed E-state index contributed by atoms with van der Waals surface area (Å²) in [6.07, 6.45) is 2.30. The van der Waals surface area contributed by atoms with Gasteiger partial charge in [-0.1, -0.05) is 33.8 Å². The monoisotopic (exact) mass is 327 g/mol. The maximum atomic E-state index is 9.20. The van der Waals surface area contributed by atoms with Gasteiger partial charge in [0.15, 0.2) is 0 Å². The minimum Gasteiger partial charge on any atom is -0.392 e. The molecule has 1 aromatic carbocycles. The highest BCUT2D eigenvalue weighted by atomic mass is 79.9. The summed E-state index contributed by atoms with van der Waals surface area (Å²) in [5, 5.41) is 9.20. The van der Waals surface area contributed by atoms with Crippen LogP contribution >= 0.6 is 15.9 Å². The predicted molar refractivity (Wildman–Crippen MR) is 86.6 cm³/mol. The minimum absolute atomic E-state index is 0.0913. The summed E-state index contributed by atoms with van der Waals surface area (Å²) < 4.78 is 1.08. The summed E-state index contributed by atoms with van der Waals surface area (Å²) in [5.41, 5.74) is 2.18. The van der Waals surface area contributed by atoms with E-state index in [1.54, 1.807) is 0 Å². The molecule has 2 nitrogen and oxygen atoms in total. The molecule has 0 aliphatic heterocycles. The standard InChI is InChI=1S/C16H26BrNO/c1-5-14(6-2)18(10-12(3)4)16-8-7-13(11-19)9-15(16)17/h7-9,12,14,19H,5-6,10-11H2,1-4H3. The summed E-state index contributed by atoms with van der Waals surface area (Å²) in [7, 11) is 0. The molecule has 0 aliphatic rings. The number of halogens is 1. The first-order valence-electron chi connectivity index (χ1n) is 7.19. The maximum Gasteiger partial charge on any atom is 0.0682 e. The fourth-order valence-corrected chi connectivity index (χ4v) is 3.10. The second kappa shape index (κ2) is 7.91. The van der Waals surface area contributed by atoms with Gasteiger partial charge in [0.25, 0.3) is 0 Å². The van der Waals surface area contributed by atoms with Crippen LogP contribution in [0.2, 0.25) is 0 Å². The lowest BCUT2D eigenvalue weighted by Gasteiger charge is -2.35. The third-order valence-electron chi connectivity index (χ3n) is 3.45. The van der Waals surface area contributed by atoms with Crippen LogP contribution in [0.5, 0.6) is 0 Å². The van der Waals surface area contributed by atoms with Crippen LogP contribution in [0, 0.1) is 5.92 Å². The Morgan fingerprint density at radius 1 is 1.21 bits per heavy atom. The van der Waals surface area contributed by atoms with Crippen molar-refractivity contribution in [2.45, 2.75) is 53.2 Å². The van der Waals surface area contributed by atoms with Gasteiger partial charge in [-0.15, -0.1) is 0 Å². The van der Waals surface area contributed by atoms with E-state index in [1.165, 1.54) is 5.69 Å². The second-order valence-corrected chi connectivity index (χ2v) is 6.31. The van der Waals surface area contributed by atoms with E-state index in [9.17, 15) is 5.11 Å². The number of nitrogens with zero attached hydrogens (tertiary/aromatic N) is 1. The SMILES string of the molecule is CCC(CC)N(CC(C)C)c1ccc(CO)cc1Br. The zero-order chi connectivity index (χ0) is 14.4. The molecule has 0 fully saturated rings. The van der Waals surface area contributed by atoms with Gasteiger partial charge in [0.2, 0.25) is 0 Å². The molecule has 0 spiro atoms. The molecule has 1 rings (SSSR count). The lowest BCUT2D eigenvalue weighted by Crippen LogP contribution is -2.37.